The predicted octanol–water partition coefficient (Wildman–Crippen LogP) is 5.99. The number of carbonyl (C=O) groups excluding carboxylic acids is 1. The van der Waals surface area contributed by atoms with E-state index in [0.717, 1.165) is 6.07 Å². The van der Waals surface area contributed by atoms with Crippen molar-refractivity contribution in [1.29, 1.82) is 5.26 Å². The summed E-state index contributed by atoms with van der Waals surface area (Å²) in [4.78, 5) is 23.5. The van der Waals surface area contributed by atoms with Crippen molar-refractivity contribution in [3.8, 4) is 6.07 Å². The van der Waals surface area contributed by atoms with Crippen molar-refractivity contribution in [3.05, 3.63) is 56.9 Å². The first-order valence-electron chi connectivity index (χ1n) is 12.8. The summed E-state index contributed by atoms with van der Waals surface area (Å²) in [7, 11) is 0. The lowest BCUT2D eigenvalue weighted by molar-refractivity contribution is 0.0503. The van der Waals surface area contributed by atoms with E-state index >= 15 is 4.39 Å². The average molecular weight is 606 g/mol. The highest BCUT2D eigenvalue weighted by molar-refractivity contribution is 7.16. The molecule has 4 heterocycles. The standard InChI is InChI=1S/C27H30ClF2N7O3S/c1-15(33-26(38)40-27(2,3)4)22(20-5-6-21(28)41-20)35-24-18(29)11-16(13-31)23(36-24)34-17-12-19(30)25(32-14-17)37-7-9-39-10-8-37/h5-6,11-12,14-15,22H,7-10H2,1-4H3,(H,33,38)(H2,34,35,36)/t15-,22-/m0/s1. The maximum atomic E-state index is 15.2. The number of aromatic nitrogens is 2. The summed E-state index contributed by atoms with van der Waals surface area (Å²) in [5.74, 6) is -1.37. The third kappa shape index (κ3) is 7.93. The third-order valence-corrected chi connectivity index (χ3v) is 7.24. The number of thiophene rings is 1. The quantitative estimate of drug-likeness (QED) is 0.284. The van der Waals surface area contributed by atoms with Gasteiger partial charge in [0.05, 0.1) is 47.1 Å². The number of hydrogen-bond acceptors (Lipinski definition) is 10. The Kier molecular flexibility index (Phi) is 9.47. The van der Waals surface area contributed by atoms with E-state index in [1.54, 1.807) is 44.7 Å². The molecule has 3 aromatic heterocycles. The monoisotopic (exact) mass is 605 g/mol. The molecule has 10 nitrogen and oxygen atoms in total. The highest BCUT2D eigenvalue weighted by atomic mass is 35.5. The van der Waals surface area contributed by atoms with Crippen LogP contribution in [0.15, 0.2) is 30.5 Å². The lowest BCUT2D eigenvalue weighted by Gasteiger charge is -2.28. The van der Waals surface area contributed by atoms with Gasteiger partial charge in [0, 0.05) is 24.0 Å². The van der Waals surface area contributed by atoms with Crippen LogP contribution in [0.2, 0.25) is 4.34 Å². The van der Waals surface area contributed by atoms with E-state index in [1.165, 1.54) is 23.6 Å². The first-order valence-corrected chi connectivity index (χ1v) is 14.0. The van der Waals surface area contributed by atoms with E-state index in [0.29, 0.717) is 35.5 Å². The Morgan fingerprint density at radius 2 is 1.95 bits per heavy atom. The fraction of sp³-hybridized carbons (Fsp3) is 0.407. The second-order valence-corrected chi connectivity index (χ2v) is 12.0. The number of halogens is 3. The van der Waals surface area contributed by atoms with Gasteiger partial charge >= 0.3 is 6.09 Å². The van der Waals surface area contributed by atoms with Crippen LogP contribution in [-0.4, -0.2) is 54.0 Å². The van der Waals surface area contributed by atoms with Crippen molar-refractivity contribution in [1.82, 2.24) is 15.3 Å². The van der Waals surface area contributed by atoms with E-state index in [9.17, 15) is 14.4 Å². The van der Waals surface area contributed by atoms with Gasteiger partial charge in [0.2, 0.25) is 0 Å². The Bertz CT molecular complexity index is 1440. The molecule has 218 valence electrons. The number of nitrogens with zero attached hydrogens (tertiary/aromatic N) is 4. The Balaban J connectivity index is 1.60. The predicted molar refractivity (Wildman–Crippen MR) is 154 cm³/mol. The molecule has 0 aromatic carbocycles. The molecule has 41 heavy (non-hydrogen) atoms. The number of pyridine rings is 2. The summed E-state index contributed by atoms with van der Waals surface area (Å²) in [6, 6.07) is 6.33. The zero-order chi connectivity index (χ0) is 29.7. The van der Waals surface area contributed by atoms with E-state index in [4.69, 9.17) is 21.1 Å². The van der Waals surface area contributed by atoms with Gasteiger partial charge in [-0.05, 0) is 45.9 Å². The van der Waals surface area contributed by atoms with Crippen LogP contribution in [0.3, 0.4) is 0 Å². The molecule has 0 saturated carbocycles. The van der Waals surface area contributed by atoms with Crippen LogP contribution >= 0.6 is 22.9 Å². The van der Waals surface area contributed by atoms with Crippen LogP contribution in [0.1, 0.15) is 44.2 Å². The molecule has 1 fully saturated rings. The van der Waals surface area contributed by atoms with Crippen LogP contribution in [0.4, 0.5) is 36.7 Å². The molecule has 1 amide bonds. The molecule has 3 N–H and O–H groups in total. The largest absolute Gasteiger partial charge is 0.444 e. The second-order valence-electron chi connectivity index (χ2n) is 10.3. The van der Waals surface area contributed by atoms with Crippen LogP contribution in [0, 0.1) is 23.0 Å². The highest BCUT2D eigenvalue weighted by Gasteiger charge is 2.27. The van der Waals surface area contributed by atoms with Crippen LogP contribution in [-0.2, 0) is 9.47 Å². The molecule has 3 aromatic rings. The molecule has 1 aliphatic heterocycles. The van der Waals surface area contributed by atoms with E-state index in [1.807, 2.05) is 6.07 Å². The van der Waals surface area contributed by atoms with Crippen LogP contribution in [0.25, 0.3) is 0 Å². The summed E-state index contributed by atoms with van der Waals surface area (Å²) in [6.45, 7) is 8.94. The number of anilines is 4. The Hall–Kier alpha value is -3.73. The number of alkyl carbamates (subject to hydrolysis) is 1. The molecule has 1 saturated heterocycles. The number of hydrogen-bond donors (Lipinski definition) is 3. The van der Waals surface area contributed by atoms with Gasteiger partial charge in [-0.2, -0.15) is 5.26 Å². The lowest BCUT2D eigenvalue weighted by atomic mass is 10.1. The van der Waals surface area contributed by atoms with Crippen molar-refractivity contribution >= 4 is 52.2 Å². The molecular formula is C27H30ClF2N7O3S. The summed E-state index contributed by atoms with van der Waals surface area (Å²) < 4.78 is 41.3. The molecule has 0 radical (unpaired) electrons. The SMILES string of the molecule is C[C@H](NC(=O)OC(C)(C)C)[C@H](Nc1nc(Nc2cnc(N3CCOCC3)c(F)c2)c(C#N)cc1F)c1ccc(Cl)s1. The van der Waals surface area contributed by atoms with E-state index in [-0.39, 0.29) is 28.7 Å². The van der Waals surface area contributed by atoms with Crippen molar-refractivity contribution in [2.75, 3.05) is 41.8 Å². The van der Waals surface area contributed by atoms with Crippen molar-refractivity contribution < 1.29 is 23.0 Å². The molecule has 0 spiro atoms. The van der Waals surface area contributed by atoms with E-state index < -0.39 is 35.4 Å². The first kappa shape index (κ1) is 30.2. The topological polar surface area (TPSA) is 124 Å². The maximum Gasteiger partial charge on any atom is 0.407 e. The van der Waals surface area contributed by atoms with Gasteiger partial charge in [-0.1, -0.05) is 11.6 Å². The molecule has 4 rings (SSSR count). The normalized spacial score (nSPS) is 15.0. The Morgan fingerprint density at radius 1 is 1.22 bits per heavy atom. The van der Waals surface area contributed by atoms with Crippen molar-refractivity contribution in [3.63, 3.8) is 0 Å². The van der Waals surface area contributed by atoms with Gasteiger partial charge < -0.3 is 30.3 Å². The number of morpholine rings is 1. The van der Waals surface area contributed by atoms with Gasteiger partial charge in [-0.25, -0.2) is 23.5 Å². The molecule has 14 heteroatoms. The van der Waals surface area contributed by atoms with Gasteiger partial charge in [0.1, 0.15) is 11.7 Å². The molecular weight excluding hydrogens is 576 g/mol. The second kappa shape index (κ2) is 12.8. The Labute approximate surface area is 245 Å². The molecule has 0 bridgehead atoms. The number of amides is 1. The summed E-state index contributed by atoms with van der Waals surface area (Å²) in [6.07, 6.45) is 0.765. The fourth-order valence-electron chi connectivity index (χ4n) is 4.08. The lowest BCUT2D eigenvalue weighted by Crippen LogP contribution is -2.42. The first-order chi connectivity index (χ1) is 19.4. The van der Waals surface area contributed by atoms with E-state index in [2.05, 4.69) is 25.9 Å². The van der Waals surface area contributed by atoms with Gasteiger partial charge in [-0.3, -0.25) is 0 Å². The molecule has 0 unspecified atom stereocenters. The average Bonchev–Trinajstić information content (AvgIpc) is 3.33. The summed E-state index contributed by atoms with van der Waals surface area (Å²) in [5.41, 5.74) is -0.585. The van der Waals surface area contributed by atoms with Gasteiger partial charge in [-0.15, -0.1) is 11.3 Å². The van der Waals surface area contributed by atoms with Crippen LogP contribution in [0.5, 0.6) is 0 Å². The van der Waals surface area contributed by atoms with Gasteiger partial charge in [0.25, 0.3) is 0 Å². The highest BCUT2D eigenvalue weighted by Crippen LogP contribution is 2.33. The third-order valence-electron chi connectivity index (χ3n) is 5.93. The fourth-order valence-corrected chi connectivity index (χ4v) is 5.29. The number of nitrogens with one attached hydrogen (secondary N) is 3. The number of nitriles is 1. The Morgan fingerprint density at radius 3 is 2.56 bits per heavy atom. The molecule has 0 aliphatic carbocycles. The molecule has 2 atom stereocenters. The zero-order valence-corrected chi connectivity index (χ0v) is 24.5. The molecule has 1 aliphatic rings. The number of ether oxygens (including phenoxy) is 2. The smallest absolute Gasteiger partial charge is 0.407 e. The maximum absolute atomic E-state index is 15.2. The van der Waals surface area contributed by atoms with Crippen molar-refractivity contribution in [2.24, 2.45) is 0 Å². The van der Waals surface area contributed by atoms with Crippen molar-refractivity contribution in [2.45, 2.75) is 45.4 Å². The van der Waals surface area contributed by atoms with Gasteiger partial charge in [0.15, 0.2) is 29.1 Å². The minimum absolute atomic E-state index is 0.00700. The summed E-state index contributed by atoms with van der Waals surface area (Å²) in [5, 5.41) is 18.3. The number of rotatable bonds is 8. The summed E-state index contributed by atoms with van der Waals surface area (Å²) >= 11 is 7.41. The zero-order valence-electron chi connectivity index (χ0n) is 22.9. The number of carbonyl (C=O) groups is 1. The minimum atomic E-state index is -0.795. The minimum Gasteiger partial charge on any atom is -0.444 e. The van der Waals surface area contributed by atoms with Crippen LogP contribution < -0.4 is 20.9 Å².